The van der Waals surface area contributed by atoms with E-state index in [1.54, 1.807) is 13.2 Å². The summed E-state index contributed by atoms with van der Waals surface area (Å²) in [5, 5.41) is 3.22. The zero-order chi connectivity index (χ0) is 10.6. The number of rotatable bonds is 4. The third-order valence-electron chi connectivity index (χ3n) is 1.99. The molecule has 0 bridgehead atoms. The Morgan fingerprint density at radius 1 is 1.57 bits per heavy atom. The number of carbonyl (C=O) groups excluding carboxylic acids is 1. The summed E-state index contributed by atoms with van der Waals surface area (Å²) in [6.07, 6.45) is 0.672. The summed E-state index contributed by atoms with van der Waals surface area (Å²) >= 11 is 5.86. The molecule has 0 spiro atoms. The summed E-state index contributed by atoms with van der Waals surface area (Å²) in [6, 6.07) is 5.37. The molecule has 76 valence electrons. The van der Waals surface area contributed by atoms with Crippen LogP contribution in [0.15, 0.2) is 18.2 Å². The molecule has 0 aliphatic carbocycles. The second-order valence-electron chi connectivity index (χ2n) is 2.90. The van der Waals surface area contributed by atoms with Crippen LogP contribution in [0.3, 0.4) is 0 Å². The quantitative estimate of drug-likeness (QED) is 0.779. The van der Waals surface area contributed by atoms with Crippen LogP contribution in [0.5, 0.6) is 5.75 Å². The van der Waals surface area contributed by atoms with Gasteiger partial charge in [0.15, 0.2) is 0 Å². The molecule has 1 aromatic rings. The van der Waals surface area contributed by atoms with Crippen LogP contribution in [0, 0.1) is 0 Å². The fourth-order valence-corrected chi connectivity index (χ4v) is 1.34. The number of amides is 1. The summed E-state index contributed by atoms with van der Waals surface area (Å²) in [4.78, 5) is 10.2. The van der Waals surface area contributed by atoms with E-state index in [0.29, 0.717) is 17.2 Å². The molecule has 4 heteroatoms. The Hall–Kier alpha value is -1.22. The first-order valence-corrected chi connectivity index (χ1v) is 4.60. The van der Waals surface area contributed by atoms with Gasteiger partial charge in [-0.2, -0.15) is 0 Å². The van der Waals surface area contributed by atoms with Crippen molar-refractivity contribution in [1.29, 1.82) is 0 Å². The highest BCUT2D eigenvalue weighted by Gasteiger charge is 2.07. The van der Waals surface area contributed by atoms with Crippen molar-refractivity contribution in [3.63, 3.8) is 0 Å². The average molecular weight is 214 g/mol. The fraction of sp³-hybridized carbons (Fsp3) is 0.300. The number of halogens is 1. The topological polar surface area (TPSA) is 38.3 Å². The van der Waals surface area contributed by atoms with E-state index < -0.39 is 0 Å². The molecule has 0 aliphatic heterocycles. The lowest BCUT2D eigenvalue weighted by atomic mass is 10.1. The molecule has 0 aliphatic rings. The number of carbonyl (C=O) groups is 1. The van der Waals surface area contributed by atoms with Gasteiger partial charge in [-0.3, -0.25) is 4.79 Å². The van der Waals surface area contributed by atoms with Crippen LogP contribution in [-0.2, 0) is 4.79 Å². The van der Waals surface area contributed by atoms with E-state index >= 15 is 0 Å². The lowest BCUT2D eigenvalue weighted by molar-refractivity contribution is -0.110. The molecule has 0 aromatic heterocycles. The minimum atomic E-state index is -0.0429. The molecule has 3 nitrogen and oxygen atoms in total. The lowest BCUT2D eigenvalue weighted by Gasteiger charge is -2.12. The maximum Gasteiger partial charge on any atom is 0.207 e. The summed E-state index contributed by atoms with van der Waals surface area (Å²) in [7, 11) is 1.56. The van der Waals surface area contributed by atoms with Gasteiger partial charge in [0, 0.05) is 0 Å². The van der Waals surface area contributed by atoms with Crippen molar-refractivity contribution in [3.05, 3.63) is 28.8 Å². The normalized spacial score (nSPS) is 11.9. The van der Waals surface area contributed by atoms with E-state index in [1.807, 2.05) is 19.1 Å². The Balaban J connectivity index is 2.93. The number of ether oxygens (including phenoxy) is 1. The molecule has 0 fully saturated rings. The number of hydrogen-bond acceptors (Lipinski definition) is 2. The highest BCUT2D eigenvalue weighted by molar-refractivity contribution is 6.32. The Labute approximate surface area is 88.0 Å². The third kappa shape index (κ3) is 2.39. The lowest BCUT2D eigenvalue weighted by Crippen LogP contribution is -2.15. The predicted octanol–water partition coefficient (Wildman–Crippen LogP) is 2.16. The molecule has 0 radical (unpaired) electrons. The summed E-state index contributed by atoms with van der Waals surface area (Å²) in [5.41, 5.74) is 0.957. The van der Waals surface area contributed by atoms with Crippen molar-refractivity contribution in [1.82, 2.24) is 5.32 Å². The van der Waals surface area contributed by atoms with Crippen LogP contribution in [0.25, 0.3) is 0 Å². The van der Waals surface area contributed by atoms with Crippen molar-refractivity contribution in [2.24, 2.45) is 0 Å². The van der Waals surface area contributed by atoms with Gasteiger partial charge in [-0.1, -0.05) is 17.7 Å². The monoisotopic (exact) mass is 213 g/mol. The van der Waals surface area contributed by atoms with Crippen LogP contribution >= 0.6 is 11.6 Å². The number of methoxy groups -OCH3 is 1. The second kappa shape index (κ2) is 4.86. The van der Waals surface area contributed by atoms with E-state index in [1.165, 1.54) is 0 Å². The SMILES string of the molecule is COc1cc(C(C)NC=O)ccc1Cl. The molecule has 1 atom stereocenters. The molecule has 0 saturated heterocycles. The van der Waals surface area contributed by atoms with Gasteiger partial charge in [0.2, 0.25) is 6.41 Å². The smallest absolute Gasteiger partial charge is 0.207 e. The van der Waals surface area contributed by atoms with Gasteiger partial charge >= 0.3 is 0 Å². The Bertz CT molecular complexity index is 328. The van der Waals surface area contributed by atoms with E-state index in [2.05, 4.69) is 5.32 Å². The van der Waals surface area contributed by atoms with Crippen molar-refractivity contribution >= 4 is 18.0 Å². The van der Waals surface area contributed by atoms with Crippen molar-refractivity contribution in [2.45, 2.75) is 13.0 Å². The second-order valence-corrected chi connectivity index (χ2v) is 3.31. The minimum absolute atomic E-state index is 0.0429. The Morgan fingerprint density at radius 2 is 2.29 bits per heavy atom. The molecule has 1 aromatic carbocycles. The predicted molar refractivity (Wildman–Crippen MR) is 55.6 cm³/mol. The van der Waals surface area contributed by atoms with Gasteiger partial charge in [0.05, 0.1) is 18.2 Å². The maximum atomic E-state index is 10.2. The van der Waals surface area contributed by atoms with Gasteiger partial charge in [0.1, 0.15) is 5.75 Å². The van der Waals surface area contributed by atoms with Gasteiger partial charge in [-0.25, -0.2) is 0 Å². The largest absolute Gasteiger partial charge is 0.495 e. The Morgan fingerprint density at radius 3 is 2.86 bits per heavy atom. The minimum Gasteiger partial charge on any atom is -0.495 e. The van der Waals surface area contributed by atoms with Gasteiger partial charge in [0.25, 0.3) is 0 Å². The van der Waals surface area contributed by atoms with Crippen LogP contribution in [0.1, 0.15) is 18.5 Å². The van der Waals surface area contributed by atoms with Crippen molar-refractivity contribution < 1.29 is 9.53 Å². The summed E-state index contributed by atoms with van der Waals surface area (Å²) in [5.74, 6) is 0.615. The fourth-order valence-electron chi connectivity index (χ4n) is 1.14. The van der Waals surface area contributed by atoms with E-state index in [9.17, 15) is 4.79 Å². The first kappa shape index (κ1) is 10.9. The van der Waals surface area contributed by atoms with Crippen LogP contribution < -0.4 is 10.1 Å². The third-order valence-corrected chi connectivity index (χ3v) is 2.31. The van der Waals surface area contributed by atoms with E-state index in [4.69, 9.17) is 16.3 Å². The summed E-state index contributed by atoms with van der Waals surface area (Å²) in [6.45, 7) is 1.89. The molecule has 1 N–H and O–H groups in total. The van der Waals surface area contributed by atoms with E-state index in [-0.39, 0.29) is 6.04 Å². The molecule has 0 saturated carbocycles. The van der Waals surface area contributed by atoms with Crippen LogP contribution in [-0.4, -0.2) is 13.5 Å². The molecule has 1 amide bonds. The summed E-state index contributed by atoms with van der Waals surface area (Å²) < 4.78 is 5.07. The highest BCUT2D eigenvalue weighted by atomic mass is 35.5. The van der Waals surface area contributed by atoms with Crippen LogP contribution in [0.2, 0.25) is 5.02 Å². The molecular weight excluding hydrogens is 202 g/mol. The number of hydrogen-bond donors (Lipinski definition) is 1. The maximum absolute atomic E-state index is 10.2. The molecular formula is C10H12ClNO2. The standard InChI is InChI=1S/C10H12ClNO2/c1-7(12-6-13)8-3-4-9(11)10(5-8)14-2/h3-7H,1-2H3,(H,12,13). The Kier molecular flexibility index (Phi) is 3.77. The first-order valence-electron chi connectivity index (χ1n) is 4.22. The zero-order valence-electron chi connectivity index (χ0n) is 8.08. The number of benzene rings is 1. The molecule has 14 heavy (non-hydrogen) atoms. The molecule has 1 unspecified atom stereocenters. The first-order chi connectivity index (χ1) is 6.69. The zero-order valence-corrected chi connectivity index (χ0v) is 8.84. The van der Waals surface area contributed by atoms with E-state index in [0.717, 1.165) is 5.56 Å². The highest BCUT2D eigenvalue weighted by Crippen LogP contribution is 2.27. The van der Waals surface area contributed by atoms with Crippen LogP contribution in [0.4, 0.5) is 0 Å². The van der Waals surface area contributed by atoms with Gasteiger partial charge < -0.3 is 10.1 Å². The average Bonchev–Trinajstić information content (AvgIpc) is 2.19. The van der Waals surface area contributed by atoms with Crippen molar-refractivity contribution in [3.8, 4) is 5.75 Å². The van der Waals surface area contributed by atoms with Crippen molar-refractivity contribution in [2.75, 3.05) is 7.11 Å². The van der Waals surface area contributed by atoms with Gasteiger partial charge in [-0.05, 0) is 24.6 Å². The van der Waals surface area contributed by atoms with Gasteiger partial charge in [-0.15, -0.1) is 0 Å². The molecule has 0 heterocycles. The molecule has 1 rings (SSSR count). The number of nitrogens with one attached hydrogen (secondary N) is 1.